The first-order valence-corrected chi connectivity index (χ1v) is 14.6. The molecule has 3 atom stereocenters. The third kappa shape index (κ3) is 4.71. The maximum Gasteiger partial charge on any atom is 0.253 e. The molecule has 4 aromatic heterocycles. The van der Waals surface area contributed by atoms with Gasteiger partial charge in [-0.05, 0) is 57.2 Å². The number of pyridine rings is 1. The zero-order chi connectivity index (χ0) is 29.1. The van der Waals surface area contributed by atoms with E-state index in [0.29, 0.717) is 30.1 Å². The minimum Gasteiger partial charge on any atom is -0.489 e. The molecular formula is C31H35FN8O2. The lowest BCUT2D eigenvalue weighted by molar-refractivity contribution is 0.0937. The van der Waals surface area contributed by atoms with Crippen LogP contribution in [0.25, 0.3) is 33.6 Å². The summed E-state index contributed by atoms with van der Waals surface area (Å²) in [5, 5.41) is 4.05. The van der Waals surface area contributed by atoms with Gasteiger partial charge in [0.15, 0.2) is 11.5 Å². The van der Waals surface area contributed by atoms with E-state index in [4.69, 9.17) is 20.4 Å². The number of carbonyl (C=O) groups is 1. The van der Waals surface area contributed by atoms with Gasteiger partial charge < -0.3 is 29.5 Å². The molecule has 1 aliphatic heterocycles. The summed E-state index contributed by atoms with van der Waals surface area (Å²) in [6.45, 7) is 5.70. The summed E-state index contributed by atoms with van der Waals surface area (Å²) in [6, 6.07) is 10.00. The topological polar surface area (TPSA) is 118 Å². The van der Waals surface area contributed by atoms with E-state index in [1.54, 1.807) is 4.57 Å². The van der Waals surface area contributed by atoms with E-state index in [1.165, 1.54) is 25.4 Å². The third-order valence-corrected chi connectivity index (χ3v) is 8.48. The summed E-state index contributed by atoms with van der Waals surface area (Å²) in [7, 11) is 1.98. The molecule has 0 radical (unpaired) electrons. The highest BCUT2D eigenvalue weighted by Crippen LogP contribution is 2.39. The SMILES string of the molecule is C[C@H](COc1cccc2cc(-c3nc4cc5c(nc4n3C)C(C[C@@H](C)N)CNC5=O)n(CC3CC3)c12)n1cnc(F)c1. The number of amides is 1. The second-order valence-corrected chi connectivity index (χ2v) is 12.0. The molecule has 11 heteroatoms. The smallest absolute Gasteiger partial charge is 0.253 e. The van der Waals surface area contributed by atoms with E-state index < -0.39 is 5.95 Å². The van der Waals surface area contributed by atoms with E-state index in [9.17, 15) is 9.18 Å². The normalized spacial score (nSPS) is 18.3. The van der Waals surface area contributed by atoms with Crippen LogP contribution in [0, 0.1) is 11.9 Å². The fraction of sp³-hybridized carbons (Fsp3) is 0.419. The molecule has 5 aromatic rings. The van der Waals surface area contributed by atoms with Gasteiger partial charge in [-0.1, -0.05) is 12.1 Å². The first-order valence-electron chi connectivity index (χ1n) is 14.6. The quantitative estimate of drug-likeness (QED) is 0.269. The highest BCUT2D eigenvalue weighted by Gasteiger charge is 2.31. The zero-order valence-electron chi connectivity index (χ0n) is 24.0. The lowest BCUT2D eigenvalue weighted by Crippen LogP contribution is -2.37. The van der Waals surface area contributed by atoms with Crippen LogP contribution in [0.2, 0.25) is 0 Å². The van der Waals surface area contributed by atoms with E-state index in [0.717, 1.165) is 52.5 Å². The fourth-order valence-electron chi connectivity index (χ4n) is 6.09. The number of rotatable bonds is 9. The first kappa shape index (κ1) is 26.6. The van der Waals surface area contributed by atoms with Crippen LogP contribution >= 0.6 is 0 Å². The van der Waals surface area contributed by atoms with Crippen LogP contribution in [0.4, 0.5) is 4.39 Å². The summed E-state index contributed by atoms with van der Waals surface area (Å²) in [5.41, 5.74) is 10.9. The second-order valence-electron chi connectivity index (χ2n) is 12.0. The number of fused-ring (bicyclic) bond motifs is 3. The molecule has 1 amide bonds. The predicted molar refractivity (Wildman–Crippen MR) is 158 cm³/mol. The van der Waals surface area contributed by atoms with Crippen LogP contribution in [0.1, 0.15) is 61.1 Å². The molecule has 5 heterocycles. The molecule has 1 unspecified atom stereocenters. The van der Waals surface area contributed by atoms with Gasteiger partial charge in [-0.15, -0.1) is 0 Å². The second kappa shape index (κ2) is 10.2. The zero-order valence-corrected chi connectivity index (χ0v) is 24.0. The molecule has 1 aliphatic carbocycles. The van der Waals surface area contributed by atoms with Crippen LogP contribution in [0.3, 0.4) is 0 Å². The molecule has 1 saturated carbocycles. The third-order valence-electron chi connectivity index (χ3n) is 8.48. The largest absolute Gasteiger partial charge is 0.489 e. The van der Waals surface area contributed by atoms with Gasteiger partial charge in [-0.3, -0.25) is 4.79 Å². The van der Waals surface area contributed by atoms with Crippen molar-refractivity contribution in [1.29, 1.82) is 0 Å². The van der Waals surface area contributed by atoms with Gasteiger partial charge in [-0.2, -0.15) is 4.39 Å². The van der Waals surface area contributed by atoms with Gasteiger partial charge in [0.1, 0.15) is 17.9 Å². The molecule has 10 nitrogen and oxygen atoms in total. The number of hydrogen-bond acceptors (Lipinski definition) is 6. The van der Waals surface area contributed by atoms with Crippen molar-refractivity contribution in [2.45, 2.75) is 57.7 Å². The Balaban J connectivity index is 1.31. The van der Waals surface area contributed by atoms with Crippen molar-refractivity contribution < 1.29 is 13.9 Å². The summed E-state index contributed by atoms with van der Waals surface area (Å²) in [6.07, 6.45) is 5.99. The molecule has 0 saturated heterocycles. The number of nitrogens with two attached hydrogens (primary N) is 1. The van der Waals surface area contributed by atoms with Gasteiger partial charge in [0.2, 0.25) is 5.95 Å². The Bertz CT molecular complexity index is 1810. The number of imidazole rings is 2. The van der Waals surface area contributed by atoms with E-state index in [2.05, 4.69) is 27.0 Å². The summed E-state index contributed by atoms with van der Waals surface area (Å²) < 4.78 is 25.9. The molecule has 1 aromatic carbocycles. The Morgan fingerprint density at radius 1 is 1.21 bits per heavy atom. The van der Waals surface area contributed by atoms with E-state index >= 15 is 0 Å². The fourth-order valence-corrected chi connectivity index (χ4v) is 6.09. The summed E-state index contributed by atoms with van der Waals surface area (Å²) in [5.74, 6) is 1.59. The van der Waals surface area contributed by atoms with Crippen molar-refractivity contribution in [3.8, 4) is 17.3 Å². The van der Waals surface area contributed by atoms with Crippen molar-refractivity contribution in [2.75, 3.05) is 13.2 Å². The average Bonchev–Trinajstić information content (AvgIpc) is 3.42. The van der Waals surface area contributed by atoms with Gasteiger partial charge >= 0.3 is 0 Å². The van der Waals surface area contributed by atoms with Crippen molar-refractivity contribution in [2.24, 2.45) is 18.7 Å². The molecule has 3 N–H and O–H groups in total. The maximum absolute atomic E-state index is 13.5. The molecular weight excluding hydrogens is 535 g/mol. The number of halogens is 1. The van der Waals surface area contributed by atoms with Crippen molar-refractivity contribution in [3.63, 3.8) is 0 Å². The molecule has 0 bridgehead atoms. The number of para-hydroxylation sites is 1. The highest BCUT2D eigenvalue weighted by molar-refractivity contribution is 5.99. The maximum atomic E-state index is 13.5. The molecule has 1 fully saturated rings. The van der Waals surface area contributed by atoms with E-state index in [-0.39, 0.29) is 23.9 Å². The monoisotopic (exact) mass is 570 g/mol. The number of nitrogens with one attached hydrogen (secondary N) is 1. The van der Waals surface area contributed by atoms with Crippen LogP contribution in [-0.2, 0) is 13.6 Å². The van der Waals surface area contributed by atoms with Gasteiger partial charge in [0, 0.05) is 37.5 Å². The van der Waals surface area contributed by atoms with Crippen LogP contribution < -0.4 is 15.8 Å². The lowest BCUT2D eigenvalue weighted by atomic mass is 9.90. The minimum atomic E-state index is -0.505. The molecule has 7 rings (SSSR count). The standard InChI is InChI=1S/C31H35FN8O2/c1-17(33)9-21-12-34-31(41)22-11-23-29(37-27(21)22)38(3)30(36-23)24-10-20-5-4-6-25(28(20)40(24)13-19-7-8-19)42-15-18(2)39-14-26(32)35-16-39/h4-6,10-11,14,16-19,21H,7-9,12-13,15,33H2,1-3H3,(H,34,41)/t17-,18-,21?/m1/s1. The number of hydrogen-bond donors (Lipinski definition) is 2. The van der Waals surface area contributed by atoms with Crippen molar-refractivity contribution >= 4 is 28.0 Å². The van der Waals surface area contributed by atoms with Crippen LogP contribution in [0.5, 0.6) is 5.75 Å². The van der Waals surface area contributed by atoms with Crippen LogP contribution in [-0.4, -0.2) is 53.8 Å². The summed E-state index contributed by atoms with van der Waals surface area (Å²) in [4.78, 5) is 26.5. The van der Waals surface area contributed by atoms with Gasteiger partial charge in [0.05, 0.1) is 41.0 Å². The molecule has 42 heavy (non-hydrogen) atoms. The highest BCUT2D eigenvalue weighted by atomic mass is 19.1. The first-order chi connectivity index (χ1) is 20.3. The van der Waals surface area contributed by atoms with Gasteiger partial charge in [-0.25, -0.2) is 15.0 Å². The Hall–Kier alpha value is -4.25. The number of carbonyl (C=O) groups excluding carboxylic acids is 1. The number of aryl methyl sites for hydroxylation is 1. The summed E-state index contributed by atoms with van der Waals surface area (Å²) >= 11 is 0. The number of benzene rings is 1. The number of nitrogens with zero attached hydrogens (tertiary/aromatic N) is 6. The average molecular weight is 571 g/mol. The molecule has 2 aliphatic rings. The van der Waals surface area contributed by atoms with Crippen LogP contribution in [0.15, 0.2) is 42.9 Å². The Labute approximate surface area is 242 Å². The Morgan fingerprint density at radius 3 is 2.79 bits per heavy atom. The number of aromatic nitrogens is 6. The van der Waals surface area contributed by atoms with Crippen molar-refractivity contribution in [1.82, 2.24) is 34.0 Å². The molecule has 0 spiro atoms. The predicted octanol–water partition coefficient (Wildman–Crippen LogP) is 4.54. The Kier molecular flexibility index (Phi) is 6.49. The number of ether oxygens (including phenoxy) is 1. The molecule has 218 valence electrons. The van der Waals surface area contributed by atoms with E-state index in [1.807, 2.05) is 43.7 Å². The Morgan fingerprint density at radius 2 is 2.05 bits per heavy atom. The minimum absolute atomic E-state index is 0.00362. The van der Waals surface area contributed by atoms with Crippen molar-refractivity contribution in [3.05, 3.63) is 60.1 Å². The van der Waals surface area contributed by atoms with Gasteiger partial charge in [0.25, 0.3) is 5.91 Å². The lowest BCUT2D eigenvalue weighted by Gasteiger charge is -2.25.